The molecule has 0 bridgehead atoms. The van der Waals surface area contributed by atoms with Gasteiger partial charge in [-0.25, -0.2) is 0 Å². The van der Waals surface area contributed by atoms with Crippen LogP contribution < -0.4 is 15.5 Å². The predicted octanol–water partition coefficient (Wildman–Crippen LogP) is 3.50. The van der Waals surface area contributed by atoms with E-state index in [-0.39, 0.29) is 0 Å². The highest BCUT2D eigenvalue weighted by atomic mass is 15.2. The molecule has 0 radical (unpaired) electrons. The fourth-order valence-corrected chi connectivity index (χ4v) is 3.20. The SMILES string of the molecule is CN=C(NCC1CCN(c2ccccc2)C1)NC(C)CCC(C)C. The lowest BCUT2D eigenvalue weighted by Crippen LogP contribution is -2.44. The highest BCUT2D eigenvalue weighted by Gasteiger charge is 2.22. The van der Waals surface area contributed by atoms with Gasteiger partial charge in [0.2, 0.25) is 0 Å². The lowest BCUT2D eigenvalue weighted by atomic mass is 10.0. The van der Waals surface area contributed by atoms with Crippen LogP contribution in [-0.2, 0) is 0 Å². The summed E-state index contributed by atoms with van der Waals surface area (Å²) in [5, 5.41) is 7.03. The lowest BCUT2D eigenvalue weighted by Gasteiger charge is -2.21. The molecule has 2 N–H and O–H groups in total. The highest BCUT2D eigenvalue weighted by Crippen LogP contribution is 2.22. The Bertz CT molecular complexity index is 498. The third-order valence-corrected chi connectivity index (χ3v) is 4.75. The molecule has 0 aliphatic carbocycles. The minimum Gasteiger partial charge on any atom is -0.371 e. The number of hydrogen-bond donors (Lipinski definition) is 2. The van der Waals surface area contributed by atoms with Gasteiger partial charge in [0, 0.05) is 38.4 Å². The zero-order chi connectivity index (χ0) is 17.4. The molecular weight excluding hydrogens is 296 g/mol. The second kappa shape index (κ2) is 9.55. The molecule has 1 aromatic rings. The summed E-state index contributed by atoms with van der Waals surface area (Å²) in [5.41, 5.74) is 1.34. The largest absolute Gasteiger partial charge is 0.371 e. The van der Waals surface area contributed by atoms with Crippen molar-refractivity contribution in [2.24, 2.45) is 16.8 Å². The van der Waals surface area contributed by atoms with Crippen LogP contribution in [0.2, 0.25) is 0 Å². The summed E-state index contributed by atoms with van der Waals surface area (Å²) in [6, 6.07) is 11.2. The zero-order valence-electron chi connectivity index (χ0n) is 15.8. The third-order valence-electron chi connectivity index (χ3n) is 4.75. The van der Waals surface area contributed by atoms with Gasteiger partial charge in [-0.05, 0) is 50.2 Å². The Morgan fingerprint density at radius 1 is 1.21 bits per heavy atom. The van der Waals surface area contributed by atoms with Crippen LogP contribution in [0.3, 0.4) is 0 Å². The Kier molecular flexibility index (Phi) is 7.41. The van der Waals surface area contributed by atoms with Crippen LogP contribution in [0.15, 0.2) is 35.3 Å². The van der Waals surface area contributed by atoms with Crippen LogP contribution in [-0.4, -0.2) is 38.7 Å². The van der Waals surface area contributed by atoms with Crippen molar-refractivity contribution in [2.75, 3.05) is 31.6 Å². The quantitative estimate of drug-likeness (QED) is 0.594. The van der Waals surface area contributed by atoms with Gasteiger partial charge in [0.05, 0.1) is 0 Å². The summed E-state index contributed by atoms with van der Waals surface area (Å²) >= 11 is 0. The van der Waals surface area contributed by atoms with Crippen molar-refractivity contribution in [1.29, 1.82) is 0 Å². The van der Waals surface area contributed by atoms with E-state index >= 15 is 0 Å². The average molecular weight is 331 g/mol. The van der Waals surface area contributed by atoms with E-state index in [0.29, 0.717) is 12.0 Å². The summed E-state index contributed by atoms with van der Waals surface area (Å²) in [4.78, 5) is 6.85. The molecule has 2 atom stereocenters. The van der Waals surface area contributed by atoms with Gasteiger partial charge < -0.3 is 15.5 Å². The summed E-state index contributed by atoms with van der Waals surface area (Å²) in [6.45, 7) is 10.0. The molecule has 0 spiro atoms. The summed E-state index contributed by atoms with van der Waals surface area (Å²) in [5.74, 6) is 2.37. The van der Waals surface area contributed by atoms with Gasteiger partial charge in [0.15, 0.2) is 5.96 Å². The van der Waals surface area contributed by atoms with Crippen LogP contribution in [0, 0.1) is 11.8 Å². The molecule has 1 aliphatic heterocycles. The highest BCUT2D eigenvalue weighted by molar-refractivity contribution is 5.79. The van der Waals surface area contributed by atoms with Gasteiger partial charge in [-0.15, -0.1) is 0 Å². The van der Waals surface area contributed by atoms with Crippen LogP contribution in [0.1, 0.15) is 40.0 Å². The standard InChI is InChI=1S/C20H34N4/c1-16(2)10-11-17(3)23-20(21-4)22-14-18-12-13-24(15-18)19-8-6-5-7-9-19/h5-9,16-18H,10-15H2,1-4H3,(H2,21,22,23). The molecule has 134 valence electrons. The maximum absolute atomic E-state index is 4.37. The molecule has 1 aromatic carbocycles. The van der Waals surface area contributed by atoms with Gasteiger partial charge in [0.1, 0.15) is 0 Å². The monoisotopic (exact) mass is 330 g/mol. The smallest absolute Gasteiger partial charge is 0.191 e. The summed E-state index contributed by atoms with van der Waals surface area (Å²) in [6.07, 6.45) is 3.67. The number of hydrogen-bond acceptors (Lipinski definition) is 2. The fraction of sp³-hybridized carbons (Fsp3) is 0.650. The van der Waals surface area contributed by atoms with E-state index in [1.165, 1.54) is 24.9 Å². The Morgan fingerprint density at radius 2 is 1.96 bits per heavy atom. The number of benzene rings is 1. The van der Waals surface area contributed by atoms with Crippen molar-refractivity contribution in [3.8, 4) is 0 Å². The first-order valence-corrected chi connectivity index (χ1v) is 9.35. The van der Waals surface area contributed by atoms with E-state index < -0.39 is 0 Å². The van der Waals surface area contributed by atoms with E-state index in [2.05, 4.69) is 71.6 Å². The molecule has 1 heterocycles. The first kappa shape index (κ1) is 18.6. The molecule has 4 nitrogen and oxygen atoms in total. The fourth-order valence-electron chi connectivity index (χ4n) is 3.20. The molecule has 0 amide bonds. The van der Waals surface area contributed by atoms with Crippen LogP contribution in [0.4, 0.5) is 5.69 Å². The van der Waals surface area contributed by atoms with Crippen molar-refractivity contribution in [2.45, 2.75) is 46.1 Å². The molecule has 1 aliphatic rings. The van der Waals surface area contributed by atoms with Crippen LogP contribution in [0.5, 0.6) is 0 Å². The first-order valence-electron chi connectivity index (χ1n) is 9.35. The van der Waals surface area contributed by atoms with Gasteiger partial charge in [-0.1, -0.05) is 32.0 Å². The molecule has 2 unspecified atom stereocenters. The number of guanidine groups is 1. The van der Waals surface area contributed by atoms with Gasteiger partial charge in [-0.3, -0.25) is 4.99 Å². The number of aliphatic imine (C=N–C) groups is 1. The lowest BCUT2D eigenvalue weighted by molar-refractivity contribution is 0.485. The topological polar surface area (TPSA) is 39.7 Å². The van der Waals surface area contributed by atoms with Crippen molar-refractivity contribution < 1.29 is 0 Å². The predicted molar refractivity (Wildman–Crippen MR) is 105 cm³/mol. The Hall–Kier alpha value is -1.71. The molecular formula is C20H34N4. The van der Waals surface area contributed by atoms with E-state index in [4.69, 9.17) is 0 Å². The molecule has 2 rings (SSSR count). The molecule has 1 saturated heterocycles. The van der Waals surface area contributed by atoms with E-state index in [9.17, 15) is 0 Å². The molecule has 4 heteroatoms. The van der Waals surface area contributed by atoms with Gasteiger partial charge in [-0.2, -0.15) is 0 Å². The Morgan fingerprint density at radius 3 is 2.62 bits per heavy atom. The minimum atomic E-state index is 0.461. The zero-order valence-corrected chi connectivity index (χ0v) is 15.8. The van der Waals surface area contributed by atoms with E-state index in [1.807, 2.05) is 7.05 Å². The number of rotatable bonds is 7. The van der Waals surface area contributed by atoms with Crippen molar-refractivity contribution in [3.63, 3.8) is 0 Å². The van der Waals surface area contributed by atoms with Crippen LogP contribution in [0.25, 0.3) is 0 Å². The number of nitrogens with zero attached hydrogens (tertiary/aromatic N) is 2. The number of nitrogens with one attached hydrogen (secondary N) is 2. The van der Waals surface area contributed by atoms with Crippen molar-refractivity contribution >= 4 is 11.6 Å². The second-order valence-corrected chi connectivity index (χ2v) is 7.41. The average Bonchev–Trinajstić information content (AvgIpc) is 3.06. The van der Waals surface area contributed by atoms with Crippen molar-refractivity contribution in [1.82, 2.24) is 10.6 Å². The number of anilines is 1. The minimum absolute atomic E-state index is 0.461. The van der Waals surface area contributed by atoms with Crippen molar-refractivity contribution in [3.05, 3.63) is 30.3 Å². The molecule has 24 heavy (non-hydrogen) atoms. The molecule has 0 saturated carbocycles. The van der Waals surface area contributed by atoms with Crippen LogP contribution >= 0.6 is 0 Å². The van der Waals surface area contributed by atoms with E-state index in [1.54, 1.807) is 0 Å². The number of para-hydroxylation sites is 1. The normalized spacial score (nSPS) is 19.6. The molecule has 1 fully saturated rings. The summed E-state index contributed by atoms with van der Waals surface area (Å²) in [7, 11) is 1.86. The third kappa shape index (κ3) is 6.06. The van der Waals surface area contributed by atoms with E-state index in [0.717, 1.165) is 31.5 Å². The second-order valence-electron chi connectivity index (χ2n) is 7.41. The Balaban J connectivity index is 1.72. The molecule has 0 aromatic heterocycles. The maximum atomic E-state index is 4.37. The van der Waals surface area contributed by atoms with Gasteiger partial charge >= 0.3 is 0 Å². The maximum Gasteiger partial charge on any atom is 0.191 e. The van der Waals surface area contributed by atoms with Gasteiger partial charge in [0.25, 0.3) is 0 Å². The summed E-state index contributed by atoms with van der Waals surface area (Å²) < 4.78 is 0. The first-order chi connectivity index (χ1) is 11.6. The Labute approximate surface area is 147 Å².